The molecule has 2 bridgehead atoms. The van der Waals surface area contributed by atoms with Gasteiger partial charge in [-0.15, -0.1) is 0 Å². The van der Waals surface area contributed by atoms with Crippen LogP contribution in [-0.2, 0) is 14.3 Å². The lowest BCUT2D eigenvalue weighted by molar-refractivity contribution is -0.139. The zero-order valence-electron chi connectivity index (χ0n) is 14.7. The van der Waals surface area contributed by atoms with E-state index in [1.54, 1.807) is 0 Å². The highest BCUT2D eigenvalue weighted by molar-refractivity contribution is 5.90. The van der Waals surface area contributed by atoms with Crippen molar-refractivity contribution >= 4 is 5.97 Å². The topological polar surface area (TPSA) is 55.8 Å². The molecule has 0 unspecified atom stereocenters. The van der Waals surface area contributed by atoms with Crippen LogP contribution in [-0.4, -0.2) is 35.0 Å². The number of hydrogen-bond acceptors (Lipinski definition) is 4. The summed E-state index contributed by atoms with van der Waals surface area (Å²) in [6, 6.07) is 0. The van der Waals surface area contributed by atoms with Gasteiger partial charge >= 0.3 is 5.97 Å². The maximum absolute atomic E-state index is 12.0. The zero-order valence-corrected chi connectivity index (χ0v) is 14.7. The Kier molecular flexibility index (Phi) is 4.71. The molecule has 2 fully saturated rings. The highest BCUT2D eigenvalue weighted by Gasteiger charge is 2.47. The third-order valence-corrected chi connectivity index (χ3v) is 5.85. The van der Waals surface area contributed by atoms with Crippen molar-refractivity contribution in [1.82, 2.24) is 0 Å². The van der Waals surface area contributed by atoms with Crippen LogP contribution in [0, 0.1) is 5.92 Å². The second-order valence-electron chi connectivity index (χ2n) is 7.74. The summed E-state index contributed by atoms with van der Waals surface area (Å²) in [6.07, 6.45) is 5.93. The van der Waals surface area contributed by atoms with Crippen molar-refractivity contribution in [3.63, 3.8) is 0 Å². The smallest absolute Gasteiger partial charge is 0.334 e. The summed E-state index contributed by atoms with van der Waals surface area (Å²) in [5.74, 6) is -0.486. The van der Waals surface area contributed by atoms with Crippen molar-refractivity contribution in [2.45, 2.75) is 76.3 Å². The van der Waals surface area contributed by atoms with Crippen LogP contribution in [0.25, 0.3) is 0 Å². The van der Waals surface area contributed by atoms with Gasteiger partial charge in [-0.25, -0.2) is 4.79 Å². The minimum atomic E-state index is -0.654. The first-order chi connectivity index (χ1) is 11.3. The Balaban J connectivity index is 1.88. The highest BCUT2D eigenvalue weighted by atomic mass is 16.6. The fraction of sp³-hybridized carbons (Fsp3) is 0.650. The van der Waals surface area contributed by atoms with Gasteiger partial charge in [0.2, 0.25) is 0 Å². The number of esters is 1. The first-order valence-electron chi connectivity index (χ1n) is 8.89. The van der Waals surface area contributed by atoms with Crippen molar-refractivity contribution in [3.8, 4) is 0 Å². The van der Waals surface area contributed by atoms with Crippen LogP contribution in [0.2, 0.25) is 0 Å². The van der Waals surface area contributed by atoms with E-state index in [1.165, 1.54) is 5.57 Å². The Morgan fingerprint density at radius 2 is 2.12 bits per heavy atom. The summed E-state index contributed by atoms with van der Waals surface area (Å²) < 4.78 is 11.7. The van der Waals surface area contributed by atoms with Crippen LogP contribution in [0.15, 0.2) is 36.0 Å². The van der Waals surface area contributed by atoms with Crippen molar-refractivity contribution in [2.24, 2.45) is 5.92 Å². The fourth-order valence-corrected chi connectivity index (χ4v) is 4.10. The molecule has 0 aromatic heterocycles. The van der Waals surface area contributed by atoms with E-state index in [0.717, 1.165) is 31.3 Å². The monoisotopic (exact) mass is 332 g/mol. The van der Waals surface area contributed by atoms with E-state index in [1.807, 2.05) is 6.92 Å². The second-order valence-corrected chi connectivity index (χ2v) is 7.74. The standard InChI is InChI=1S/C20H28O4/c1-12-6-5-7-13(2)16-8-9-20(4,24-16)18(21)11-15-14(3)19(22)23-17(15)10-12/h6,15-18,21H,2-3,5,7-11H2,1,4H3/b12-6+/t15-,16-,17+,18+,20-/m1/s1. The Labute approximate surface area is 144 Å². The van der Waals surface area contributed by atoms with Crippen molar-refractivity contribution in [1.29, 1.82) is 0 Å². The number of fused-ring (bicyclic) bond motifs is 3. The average molecular weight is 332 g/mol. The Morgan fingerprint density at radius 3 is 2.88 bits per heavy atom. The number of aliphatic hydroxyl groups is 1. The number of allylic oxidation sites excluding steroid dienone is 1. The van der Waals surface area contributed by atoms with Crippen LogP contribution in [0.4, 0.5) is 0 Å². The second kappa shape index (κ2) is 6.49. The number of carbonyl (C=O) groups is 1. The van der Waals surface area contributed by atoms with Gasteiger partial charge in [-0.3, -0.25) is 0 Å². The highest BCUT2D eigenvalue weighted by Crippen LogP contribution is 2.42. The zero-order chi connectivity index (χ0) is 17.5. The lowest BCUT2D eigenvalue weighted by Gasteiger charge is -2.33. The lowest BCUT2D eigenvalue weighted by atomic mass is 9.82. The van der Waals surface area contributed by atoms with E-state index in [2.05, 4.69) is 26.2 Å². The molecule has 0 saturated carbocycles. The van der Waals surface area contributed by atoms with E-state index in [4.69, 9.17) is 9.47 Å². The van der Waals surface area contributed by atoms with E-state index in [9.17, 15) is 9.90 Å². The quantitative estimate of drug-likeness (QED) is 0.419. The van der Waals surface area contributed by atoms with E-state index in [0.29, 0.717) is 18.4 Å². The van der Waals surface area contributed by atoms with Crippen LogP contribution >= 0.6 is 0 Å². The molecule has 3 heterocycles. The number of aliphatic hydroxyl groups excluding tert-OH is 1. The van der Waals surface area contributed by atoms with Gasteiger partial charge in [0.15, 0.2) is 0 Å². The Hall–Kier alpha value is -1.39. The van der Waals surface area contributed by atoms with E-state index < -0.39 is 11.7 Å². The van der Waals surface area contributed by atoms with E-state index in [-0.39, 0.29) is 24.1 Å². The number of ether oxygens (including phenoxy) is 2. The summed E-state index contributed by atoms with van der Waals surface area (Å²) in [6.45, 7) is 12.1. The molecular weight excluding hydrogens is 304 g/mol. The summed E-state index contributed by atoms with van der Waals surface area (Å²) >= 11 is 0. The minimum absolute atomic E-state index is 0.0135. The lowest BCUT2D eigenvalue weighted by Crippen LogP contribution is -2.41. The molecule has 132 valence electrons. The predicted octanol–water partition coefficient (Wildman–Crippen LogP) is 3.46. The molecule has 2 saturated heterocycles. The molecule has 0 aromatic carbocycles. The van der Waals surface area contributed by atoms with Gasteiger partial charge in [-0.05, 0) is 51.5 Å². The SMILES string of the molecule is C=C1C(=O)O[C@H]2C/C(C)=C/CCC(=C)[C@H]3CC[C@@](C)(O3)[C@@H](O)C[C@H]12. The third kappa shape index (κ3) is 3.22. The van der Waals surface area contributed by atoms with Crippen molar-refractivity contribution in [3.05, 3.63) is 36.0 Å². The van der Waals surface area contributed by atoms with Gasteiger partial charge in [0.05, 0.1) is 17.8 Å². The largest absolute Gasteiger partial charge is 0.458 e. The molecular formula is C20H28O4. The summed E-state index contributed by atoms with van der Waals surface area (Å²) in [4.78, 5) is 12.0. The summed E-state index contributed by atoms with van der Waals surface area (Å²) in [5.41, 5.74) is 2.18. The van der Waals surface area contributed by atoms with Crippen LogP contribution in [0.3, 0.4) is 0 Å². The van der Waals surface area contributed by atoms with Gasteiger partial charge in [0.1, 0.15) is 6.10 Å². The van der Waals surface area contributed by atoms with Crippen LogP contribution < -0.4 is 0 Å². The molecule has 0 spiro atoms. The number of rotatable bonds is 0. The molecule has 5 atom stereocenters. The third-order valence-electron chi connectivity index (χ3n) is 5.85. The van der Waals surface area contributed by atoms with Crippen LogP contribution in [0.5, 0.6) is 0 Å². The first kappa shape index (κ1) is 17.4. The van der Waals surface area contributed by atoms with Gasteiger partial charge < -0.3 is 14.6 Å². The molecule has 4 heteroatoms. The first-order valence-corrected chi connectivity index (χ1v) is 8.89. The molecule has 3 rings (SSSR count). The van der Waals surface area contributed by atoms with Gasteiger partial charge in [0.25, 0.3) is 0 Å². The summed E-state index contributed by atoms with van der Waals surface area (Å²) in [7, 11) is 0. The Morgan fingerprint density at radius 1 is 1.38 bits per heavy atom. The molecule has 3 aliphatic rings. The maximum atomic E-state index is 12.0. The molecule has 3 aliphatic heterocycles. The van der Waals surface area contributed by atoms with Crippen molar-refractivity contribution in [2.75, 3.05) is 0 Å². The minimum Gasteiger partial charge on any atom is -0.458 e. The normalized spacial score (nSPS) is 43.1. The fourth-order valence-electron chi connectivity index (χ4n) is 4.10. The molecule has 0 aromatic rings. The van der Waals surface area contributed by atoms with Gasteiger partial charge in [-0.1, -0.05) is 24.8 Å². The molecule has 1 N–H and O–H groups in total. The van der Waals surface area contributed by atoms with E-state index >= 15 is 0 Å². The molecule has 24 heavy (non-hydrogen) atoms. The number of carbonyl (C=O) groups excluding carboxylic acids is 1. The van der Waals surface area contributed by atoms with Gasteiger partial charge in [-0.2, -0.15) is 0 Å². The molecule has 0 amide bonds. The Bertz CT molecular complexity index is 590. The predicted molar refractivity (Wildman–Crippen MR) is 92.4 cm³/mol. The molecule has 0 aliphatic carbocycles. The maximum Gasteiger partial charge on any atom is 0.334 e. The average Bonchev–Trinajstić information content (AvgIpc) is 3.04. The van der Waals surface area contributed by atoms with Crippen molar-refractivity contribution < 1.29 is 19.4 Å². The number of hydrogen-bond donors (Lipinski definition) is 1. The molecule has 0 radical (unpaired) electrons. The molecule has 4 nitrogen and oxygen atoms in total. The summed E-state index contributed by atoms with van der Waals surface area (Å²) in [5, 5.41) is 10.8. The van der Waals surface area contributed by atoms with Crippen LogP contribution in [0.1, 0.15) is 52.4 Å². The van der Waals surface area contributed by atoms with Gasteiger partial charge in [0, 0.05) is 17.9 Å².